The summed E-state index contributed by atoms with van der Waals surface area (Å²) >= 11 is 0. The summed E-state index contributed by atoms with van der Waals surface area (Å²) < 4.78 is 0. The van der Waals surface area contributed by atoms with E-state index in [0.29, 0.717) is 5.41 Å². The summed E-state index contributed by atoms with van der Waals surface area (Å²) in [6, 6.07) is 1.59. The van der Waals surface area contributed by atoms with E-state index in [4.69, 9.17) is 0 Å². The molecule has 0 amide bonds. The third kappa shape index (κ3) is 4.46. The average molecular weight is 281 g/mol. The lowest BCUT2D eigenvalue weighted by molar-refractivity contribution is 0.212. The maximum Gasteiger partial charge on any atom is 0.0221 e. The minimum Gasteiger partial charge on any atom is -0.312 e. The highest BCUT2D eigenvalue weighted by Gasteiger charge is 2.28. The SMILES string of the molecule is CCN1CCCC1CNC1CCCC(C(C)(C)C)CC1. The van der Waals surface area contributed by atoms with Gasteiger partial charge >= 0.3 is 0 Å². The number of hydrogen-bond donors (Lipinski definition) is 1. The summed E-state index contributed by atoms with van der Waals surface area (Å²) in [5, 5.41) is 3.90. The average Bonchev–Trinajstić information content (AvgIpc) is 2.70. The van der Waals surface area contributed by atoms with Crippen molar-refractivity contribution < 1.29 is 0 Å². The molecule has 1 aliphatic heterocycles. The van der Waals surface area contributed by atoms with Gasteiger partial charge in [-0.15, -0.1) is 0 Å². The summed E-state index contributed by atoms with van der Waals surface area (Å²) in [5.74, 6) is 0.924. The Hall–Kier alpha value is -0.0800. The molecule has 0 aromatic rings. The molecular formula is C18H36N2. The Labute approximate surface area is 126 Å². The molecule has 0 aromatic carbocycles. The smallest absolute Gasteiger partial charge is 0.0221 e. The van der Waals surface area contributed by atoms with Crippen LogP contribution >= 0.6 is 0 Å². The lowest BCUT2D eigenvalue weighted by Gasteiger charge is -2.30. The molecule has 20 heavy (non-hydrogen) atoms. The van der Waals surface area contributed by atoms with Crippen molar-refractivity contribution in [2.75, 3.05) is 19.6 Å². The van der Waals surface area contributed by atoms with Gasteiger partial charge in [-0.05, 0) is 62.9 Å². The first kappa shape index (κ1) is 16.3. The highest BCUT2D eigenvalue weighted by Crippen LogP contribution is 2.36. The van der Waals surface area contributed by atoms with Crippen molar-refractivity contribution in [1.29, 1.82) is 0 Å². The van der Waals surface area contributed by atoms with Crippen molar-refractivity contribution in [3.63, 3.8) is 0 Å². The molecule has 3 atom stereocenters. The third-order valence-corrected chi connectivity index (χ3v) is 5.74. The van der Waals surface area contributed by atoms with Crippen LogP contribution in [0.2, 0.25) is 0 Å². The zero-order chi connectivity index (χ0) is 14.6. The van der Waals surface area contributed by atoms with E-state index in [1.54, 1.807) is 0 Å². The van der Waals surface area contributed by atoms with Gasteiger partial charge < -0.3 is 5.32 Å². The van der Waals surface area contributed by atoms with Crippen molar-refractivity contribution >= 4 is 0 Å². The largest absolute Gasteiger partial charge is 0.312 e. The molecule has 0 aromatic heterocycles. The Morgan fingerprint density at radius 1 is 1.00 bits per heavy atom. The van der Waals surface area contributed by atoms with Crippen molar-refractivity contribution in [2.45, 2.75) is 84.7 Å². The van der Waals surface area contributed by atoms with E-state index in [9.17, 15) is 0 Å². The van der Waals surface area contributed by atoms with Gasteiger partial charge in [0, 0.05) is 18.6 Å². The minimum absolute atomic E-state index is 0.499. The zero-order valence-electron chi connectivity index (χ0n) is 14.3. The monoisotopic (exact) mass is 280 g/mol. The summed E-state index contributed by atoms with van der Waals surface area (Å²) in [5.41, 5.74) is 0.499. The first-order valence-electron chi connectivity index (χ1n) is 8.98. The third-order valence-electron chi connectivity index (χ3n) is 5.74. The van der Waals surface area contributed by atoms with E-state index in [-0.39, 0.29) is 0 Å². The minimum atomic E-state index is 0.499. The summed E-state index contributed by atoms with van der Waals surface area (Å²) in [6.07, 6.45) is 9.86. The maximum atomic E-state index is 3.90. The zero-order valence-corrected chi connectivity index (χ0v) is 14.3. The van der Waals surface area contributed by atoms with Gasteiger partial charge in [0.2, 0.25) is 0 Å². The maximum absolute atomic E-state index is 3.90. The first-order valence-corrected chi connectivity index (χ1v) is 8.98. The van der Waals surface area contributed by atoms with Crippen molar-refractivity contribution in [2.24, 2.45) is 11.3 Å². The van der Waals surface area contributed by atoms with E-state index < -0.39 is 0 Å². The summed E-state index contributed by atoms with van der Waals surface area (Å²) in [6.45, 7) is 13.3. The predicted octanol–water partition coefficient (Wildman–Crippen LogP) is 4.06. The fourth-order valence-corrected chi connectivity index (χ4v) is 4.22. The molecule has 2 nitrogen and oxygen atoms in total. The van der Waals surface area contributed by atoms with Crippen LogP contribution in [0.15, 0.2) is 0 Å². The van der Waals surface area contributed by atoms with Gasteiger partial charge in [-0.2, -0.15) is 0 Å². The highest BCUT2D eigenvalue weighted by molar-refractivity contribution is 4.84. The Bertz CT molecular complexity index is 282. The van der Waals surface area contributed by atoms with Crippen LogP contribution in [0, 0.1) is 11.3 Å². The molecule has 1 saturated heterocycles. The van der Waals surface area contributed by atoms with Crippen molar-refractivity contribution in [3.05, 3.63) is 0 Å². The molecule has 118 valence electrons. The first-order chi connectivity index (χ1) is 9.50. The van der Waals surface area contributed by atoms with Crippen LogP contribution in [0.5, 0.6) is 0 Å². The Kier molecular flexibility index (Phi) is 5.92. The Balaban J connectivity index is 1.74. The number of hydrogen-bond acceptors (Lipinski definition) is 2. The van der Waals surface area contributed by atoms with Gasteiger partial charge in [-0.25, -0.2) is 0 Å². The predicted molar refractivity (Wildman–Crippen MR) is 88.1 cm³/mol. The standard InChI is InChI=1S/C18H36N2/c1-5-20-13-7-10-17(20)14-19-16-9-6-8-15(11-12-16)18(2,3)4/h15-17,19H,5-14H2,1-4H3. The van der Waals surface area contributed by atoms with Crippen LogP contribution in [0.3, 0.4) is 0 Å². The van der Waals surface area contributed by atoms with Crippen LogP contribution in [0.25, 0.3) is 0 Å². The fourth-order valence-electron chi connectivity index (χ4n) is 4.22. The van der Waals surface area contributed by atoms with E-state index in [1.807, 2.05) is 0 Å². The second kappa shape index (κ2) is 7.26. The number of nitrogens with one attached hydrogen (secondary N) is 1. The number of likely N-dealkylation sites (N-methyl/N-ethyl adjacent to an activating group) is 1. The van der Waals surface area contributed by atoms with Gasteiger partial charge in [-0.1, -0.05) is 34.1 Å². The molecule has 2 rings (SSSR count). The molecule has 2 fully saturated rings. The van der Waals surface area contributed by atoms with Gasteiger partial charge in [0.25, 0.3) is 0 Å². The number of nitrogens with zero attached hydrogens (tertiary/aromatic N) is 1. The topological polar surface area (TPSA) is 15.3 Å². The molecule has 0 spiro atoms. The van der Waals surface area contributed by atoms with Crippen LogP contribution in [-0.4, -0.2) is 36.6 Å². The molecule has 2 aliphatic rings. The highest BCUT2D eigenvalue weighted by atomic mass is 15.2. The van der Waals surface area contributed by atoms with Crippen molar-refractivity contribution in [3.8, 4) is 0 Å². The summed E-state index contributed by atoms with van der Waals surface area (Å²) in [4.78, 5) is 2.65. The van der Waals surface area contributed by atoms with Crippen LogP contribution in [0.4, 0.5) is 0 Å². The molecular weight excluding hydrogens is 244 g/mol. The van der Waals surface area contributed by atoms with Gasteiger partial charge in [0.05, 0.1) is 0 Å². The molecule has 0 bridgehead atoms. The Morgan fingerprint density at radius 2 is 1.80 bits per heavy atom. The lowest BCUT2D eigenvalue weighted by Crippen LogP contribution is -2.41. The quantitative estimate of drug-likeness (QED) is 0.781. The van der Waals surface area contributed by atoms with Crippen LogP contribution in [-0.2, 0) is 0 Å². The Morgan fingerprint density at radius 3 is 2.50 bits per heavy atom. The molecule has 0 radical (unpaired) electrons. The number of likely N-dealkylation sites (tertiary alicyclic amines) is 1. The summed E-state index contributed by atoms with van der Waals surface area (Å²) in [7, 11) is 0. The molecule has 3 unspecified atom stereocenters. The van der Waals surface area contributed by atoms with Gasteiger partial charge in [0.1, 0.15) is 0 Å². The number of rotatable bonds is 4. The van der Waals surface area contributed by atoms with Crippen LogP contribution < -0.4 is 5.32 Å². The van der Waals surface area contributed by atoms with Gasteiger partial charge in [0.15, 0.2) is 0 Å². The molecule has 2 heteroatoms. The van der Waals surface area contributed by atoms with Gasteiger partial charge in [-0.3, -0.25) is 4.90 Å². The molecule has 1 heterocycles. The van der Waals surface area contributed by atoms with Crippen molar-refractivity contribution in [1.82, 2.24) is 10.2 Å². The molecule has 1 saturated carbocycles. The second-order valence-corrected chi connectivity index (χ2v) is 8.10. The lowest BCUT2D eigenvalue weighted by atomic mass is 9.76. The van der Waals surface area contributed by atoms with E-state index >= 15 is 0 Å². The molecule has 1 aliphatic carbocycles. The van der Waals surface area contributed by atoms with E-state index in [0.717, 1.165) is 18.0 Å². The van der Waals surface area contributed by atoms with Crippen LogP contribution in [0.1, 0.15) is 72.6 Å². The van der Waals surface area contributed by atoms with E-state index in [2.05, 4.69) is 37.9 Å². The van der Waals surface area contributed by atoms with E-state index in [1.165, 1.54) is 64.6 Å². The fraction of sp³-hybridized carbons (Fsp3) is 1.00. The second-order valence-electron chi connectivity index (χ2n) is 8.10. The normalized spacial score (nSPS) is 33.3. The molecule has 1 N–H and O–H groups in total.